The monoisotopic (exact) mass is 365 g/mol. The van der Waals surface area contributed by atoms with Gasteiger partial charge in [-0.1, -0.05) is 47.4 Å². The van der Waals surface area contributed by atoms with Crippen molar-refractivity contribution < 1.29 is 4.57 Å². The minimum Gasteiger partial charge on any atom is -0.335 e. The van der Waals surface area contributed by atoms with E-state index in [1.165, 1.54) is 36.4 Å². The van der Waals surface area contributed by atoms with Gasteiger partial charge < -0.3 is 4.90 Å². The van der Waals surface area contributed by atoms with E-state index in [-0.39, 0.29) is 0 Å². The Hall–Kier alpha value is -2.04. The first-order valence-corrected chi connectivity index (χ1v) is 10.1. The first-order chi connectivity index (χ1) is 12.2. The summed E-state index contributed by atoms with van der Waals surface area (Å²) in [6.45, 7) is 5.39. The number of aryl methyl sites for hydroxylation is 1. The zero-order chi connectivity index (χ0) is 17.4. The molecule has 3 aromatic rings. The van der Waals surface area contributed by atoms with Crippen LogP contribution in [0.5, 0.6) is 0 Å². The smallest absolute Gasteiger partial charge is 0.262 e. The standard InChI is InChI=1S/C21H21N2S2/c1-4-23-17-10-6-8-12-19(17)25-21(23)14-15(2)13-20-22(3)16-9-5-7-11-18(16)24-20/h5-14H,4H2,1-3H3/q+1. The number of thioether (sulfide) groups is 1. The molecule has 1 aliphatic rings. The Bertz CT molecular complexity index is 998. The summed E-state index contributed by atoms with van der Waals surface area (Å²) in [7, 11) is 2.14. The predicted molar refractivity (Wildman–Crippen MR) is 110 cm³/mol. The maximum Gasteiger partial charge on any atom is 0.262 e. The molecule has 0 saturated carbocycles. The second-order valence-corrected chi connectivity index (χ2v) is 8.28. The van der Waals surface area contributed by atoms with Crippen LogP contribution in [-0.2, 0) is 7.05 Å². The molecule has 1 aromatic heterocycles. The molecule has 0 radical (unpaired) electrons. The van der Waals surface area contributed by atoms with Crippen molar-refractivity contribution in [3.8, 4) is 0 Å². The average Bonchev–Trinajstić information content (AvgIpc) is 3.12. The highest BCUT2D eigenvalue weighted by Gasteiger charge is 2.23. The Morgan fingerprint density at radius 1 is 1.12 bits per heavy atom. The van der Waals surface area contributed by atoms with Crippen molar-refractivity contribution in [1.29, 1.82) is 0 Å². The van der Waals surface area contributed by atoms with E-state index in [1.54, 1.807) is 0 Å². The highest BCUT2D eigenvalue weighted by molar-refractivity contribution is 8.03. The number of hydrogen-bond donors (Lipinski definition) is 0. The molecular formula is C21H21N2S2+. The van der Waals surface area contributed by atoms with E-state index in [4.69, 9.17) is 0 Å². The SMILES string of the molecule is CCN1C(=CC(C)=Cc2sc3ccccc3[n+]2C)Sc2ccccc21. The van der Waals surface area contributed by atoms with Crippen molar-refractivity contribution >= 4 is 45.1 Å². The Balaban J connectivity index is 1.69. The van der Waals surface area contributed by atoms with Crippen LogP contribution in [0.15, 0.2) is 70.1 Å². The highest BCUT2D eigenvalue weighted by Crippen LogP contribution is 2.45. The van der Waals surface area contributed by atoms with E-state index < -0.39 is 0 Å². The molecule has 2 heterocycles. The molecule has 0 N–H and O–H groups in total. The van der Waals surface area contributed by atoms with Crippen LogP contribution in [0.4, 0.5) is 5.69 Å². The molecule has 0 atom stereocenters. The number of thiazole rings is 1. The summed E-state index contributed by atoms with van der Waals surface area (Å²) in [5.41, 5.74) is 3.88. The quantitative estimate of drug-likeness (QED) is 0.558. The van der Waals surface area contributed by atoms with Gasteiger partial charge in [-0.3, -0.25) is 0 Å². The molecule has 1 aliphatic heterocycles. The lowest BCUT2D eigenvalue weighted by Gasteiger charge is -2.17. The van der Waals surface area contributed by atoms with Gasteiger partial charge in [0.2, 0.25) is 5.52 Å². The zero-order valence-electron chi connectivity index (χ0n) is 14.7. The molecule has 0 aliphatic carbocycles. The second kappa shape index (κ2) is 6.70. The number of hydrogen-bond acceptors (Lipinski definition) is 3. The van der Waals surface area contributed by atoms with Gasteiger partial charge in [0.25, 0.3) is 5.01 Å². The topological polar surface area (TPSA) is 7.12 Å². The molecule has 4 heteroatoms. The third-order valence-electron chi connectivity index (χ3n) is 4.43. The van der Waals surface area contributed by atoms with E-state index >= 15 is 0 Å². The number of aromatic nitrogens is 1. The number of anilines is 1. The summed E-state index contributed by atoms with van der Waals surface area (Å²) in [5.74, 6) is 0. The second-order valence-electron chi connectivity index (χ2n) is 6.15. The number of nitrogens with zero attached hydrogens (tertiary/aromatic N) is 2. The number of allylic oxidation sites excluding steroid dienone is 2. The van der Waals surface area contributed by atoms with Gasteiger partial charge in [-0.15, -0.1) is 0 Å². The molecular weight excluding hydrogens is 344 g/mol. The fraction of sp³-hybridized carbons (Fsp3) is 0.190. The van der Waals surface area contributed by atoms with E-state index in [0.29, 0.717) is 0 Å². The maximum absolute atomic E-state index is 2.39. The van der Waals surface area contributed by atoms with E-state index in [1.807, 2.05) is 23.1 Å². The molecule has 0 unspecified atom stereocenters. The minimum absolute atomic E-state index is 0.986. The van der Waals surface area contributed by atoms with Crippen LogP contribution in [0.25, 0.3) is 16.3 Å². The van der Waals surface area contributed by atoms with Crippen molar-refractivity contribution in [2.45, 2.75) is 18.7 Å². The first-order valence-electron chi connectivity index (χ1n) is 8.49. The number of rotatable bonds is 3. The first kappa shape index (κ1) is 16.4. The summed E-state index contributed by atoms with van der Waals surface area (Å²) in [5, 5.41) is 2.58. The molecule has 2 aromatic carbocycles. The predicted octanol–water partition coefficient (Wildman–Crippen LogP) is 5.60. The van der Waals surface area contributed by atoms with Crippen molar-refractivity contribution in [2.24, 2.45) is 7.05 Å². The largest absolute Gasteiger partial charge is 0.335 e. The third kappa shape index (κ3) is 3.00. The van der Waals surface area contributed by atoms with E-state index in [0.717, 1.165) is 6.54 Å². The van der Waals surface area contributed by atoms with E-state index in [2.05, 4.69) is 91.0 Å². The van der Waals surface area contributed by atoms with Crippen LogP contribution in [0.1, 0.15) is 18.9 Å². The summed E-state index contributed by atoms with van der Waals surface area (Å²) < 4.78 is 3.60. The van der Waals surface area contributed by atoms with Crippen LogP contribution in [0.2, 0.25) is 0 Å². The third-order valence-corrected chi connectivity index (χ3v) is 6.71. The average molecular weight is 366 g/mol. The van der Waals surface area contributed by atoms with Gasteiger partial charge in [-0.05, 0) is 43.7 Å². The van der Waals surface area contributed by atoms with Gasteiger partial charge in [0, 0.05) is 23.6 Å². The highest BCUT2D eigenvalue weighted by atomic mass is 32.2. The molecule has 126 valence electrons. The summed E-state index contributed by atoms with van der Waals surface area (Å²) in [6.07, 6.45) is 4.59. The van der Waals surface area contributed by atoms with Crippen LogP contribution in [0.3, 0.4) is 0 Å². The molecule has 0 fully saturated rings. The van der Waals surface area contributed by atoms with Crippen LogP contribution in [-0.4, -0.2) is 6.54 Å². The minimum atomic E-state index is 0.986. The van der Waals surface area contributed by atoms with Crippen molar-refractivity contribution in [1.82, 2.24) is 0 Å². The lowest BCUT2D eigenvalue weighted by molar-refractivity contribution is -0.642. The van der Waals surface area contributed by atoms with Crippen molar-refractivity contribution in [3.05, 3.63) is 70.2 Å². The normalized spacial score (nSPS) is 16.0. The maximum atomic E-state index is 2.39. The van der Waals surface area contributed by atoms with Gasteiger partial charge >= 0.3 is 0 Å². The van der Waals surface area contributed by atoms with Crippen LogP contribution in [0, 0.1) is 0 Å². The molecule has 25 heavy (non-hydrogen) atoms. The van der Waals surface area contributed by atoms with Crippen LogP contribution >= 0.6 is 23.1 Å². The Morgan fingerprint density at radius 2 is 1.88 bits per heavy atom. The molecule has 4 rings (SSSR count). The molecule has 2 nitrogen and oxygen atoms in total. The summed E-state index contributed by atoms with van der Waals surface area (Å²) >= 11 is 3.70. The van der Waals surface area contributed by atoms with Gasteiger partial charge in [-0.25, -0.2) is 0 Å². The Morgan fingerprint density at radius 3 is 2.68 bits per heavy atom. The molecule has 0 bridgehead atoms. The zero-order valence-corrected chi connectivity index (χ0v) is 16.3. The fourth-order valence-corrected chi connectivity index (χ4v) is 5.56. The Labute approximate surface area is 157 Å². The molecule has 0 spiro atoms. The van der Waals surface area contributed by atoms with E-state index in [9.17, 15) is 0 Å². The number of fused-ring (bicyclic) bond motifs is 2. The van der Waals surface area contributed by atoms with Gasteiger partial charge in [0.15, 0.2) is 0 Å². The van der Waals surface area contributed by atoms with Gasteiger partial charge in [0.05, 0.1) is 10.7 Å². The number of benzene rings is 2. The summed E-state index contributed by atoms with van der Waals surface area (Å²) in [4.78, 5) is 3.73. The molecule has 0 saturated heterocycles. The lowest BCUT2D eigenvalue weighted by Crippen LogP contribution is -2.28. The number of para-hydroxylation sites is 2. The Kier molecular flexibility index (Phi) is 4.40. The fourth-order valence-electron chi connectivity index (χ4n) is 3.16. The summed E-state index contributed by atoms with van der Waals surface area (Å²) in [6, 6.07) is 17.2. The molecule has 0 amide bonds. The van der Waals surface area contributed by atoms with Gasteiger partial charge in [-0.2, -0.15) is 4.57 Å². The lowest BCUT2D eigenvalue weighted by atomic mass is 10.2. The van der Waals surface area contributed by atoms with Crippen molar-refractivity contribution in [2.75, 3.05) is 11.4 Å². The van der Waals surface area contributed by atoms with Crippen molar-refractivity contribution in [3.63, 3.8) is 0 Å². The van der Waals surface area contributed by atoms with Gasteiger partial charge in [0.1, 0.15) is 11.7 Å². The van der Waals surface area contributed by atoms with Crippen LogP contribution < -0.4 is 9.47 Å².